The number of hydrogen-bond donors (Lipinski definition) is 2. The Morgan fingerprint density at radius 2 is 1.96 bits per heavy atom. The van der Waals surface area contributed by atoms with Gasteiger partial charge in [-0.3, -0.25) is 14.8 Å². The second-order valence-corrected chi connectivity index (χ2v) is 6.00. The van der Waals surface area contributed by atoms with E-state index in [1.165, 1.54) is 0 Å². The topological polar surface area (TPSA) is 78.9 Å². The van der Waals surface area contributed by atoms with Crippen LogP contribution in [0.3, 0.4) is 0 Å². The lowest BCUT2D eigenvalue weighted by Gasteiger charge is -2.24. The highest BCUT2D eigenvalue weighted by Crippen LogP contribution is 2.27. The van der Waals surface area contributed by atoms with Gasteiger partial charge in [-0.25, -0.2) is 5.48 Å². The average molecular weight is 340 g/mol. The fourth-order valence-electron chi connectivity index (χ4n) is 2.92. The SMILES string of the molecule is CC(C(=O)N1CCOc2cc(C(=O)NO)ccc2C1)c1ccccc1. The Hall–Kier alpha value is -2.86. The van der Waals surface area contributed by atoms with E-state index < -0.39 is 5.91 Å². The summed E-state index contributed by atoms with van der Waals surface area (Å²) in [5, 5.41) is 8.74. The highest BCUT2D eigenvalue weighted by molar-refractivity contribution is 5.93. The summed E-state index contributed by atoms with van der Waals surface area (Å²) in [7, 11) is 0. The predicted octanol–water partition coefficient (Wildman–Crippen LogP) is 2.33. The van der Waals surface area contributed by atoms with E-state index in [4.69, 9.17) is 9.94 Å². The lowest BCUT2D eigenvalue weighted by molar-refractivity contribution is -0.133. The summed E-state index contributed by atoms with van der Waals surface area (Å²) in [6.45, 7) is 3.15. The van der Waals surface area contributed by atoms with E-state index in [9.17, 15) is 9.59 Å². The van der Waals surface area contributed by atoms with Gasteiger partial charge in [-0.1, -0.05) is 36.4 Å². The maximum Gasteiger partial charge on any atom is 0.274 e. The molecule has 130 valence electrons. The molecule has 2 amide bonds. The fourth-order valence-corrected chi connectivity index (χ4v) is 2.92. The third-order valence-corrected chi connectivity index (χ3v) is 4.39. The molecule has 6 heteroatoms. The molecule has 1 unspecified atom stereocenters. The number of benzene rings is 2. The van der Waals surface area contributed by atoms with E-state index in [1.807, 2.05) is 37.3 Å². The highest BCUT2D eigenvalue weighted by Gasteiger charge is 2.25. The summed E-state index contributed by atoms with van der Waals surface area (Å²) >= 11 is 0. The normalized spacial score (nSPS) is 14.7. The van der Waals surface area contributed by atoms with Crippen LogP contribution in [0.15, 0.2) is 48.5 Å². The number of nitrogens with one attached hydrogen (secondary N) is 1. The van der Waals surface area contributed by atoms with Gasteiger partial charge in [0.2, 0.25) is 5.91 Å². The van der Waals surface area contributed by atoms with Crippen molar-refractivity contribution in [3.05, 3.63) is 65.2 Å². The average Bonchev–Trinajstić information content (AvgIpc) is 2.88. The summed E-state index contributed by atoms with van der Waals surface area (Å²) in [4.78, 5) is 26.2. The minimum Gasteiger partial charge on any atom is -0.491 e. The van der Waals surface area contributed by atoms with Gasteiger partial charge in [0.05, 0.1) is 12.5 Å². The van der Waals surface area contributed by atoms with Crippen molar-refractivity contribution in [3.8, 4) is 5.75 Å². The van der Waals surface area contributed by atoms with Crippen LogP contribution in [0.2, 0.25) is 0 Å². The van der Waals surface area contributed by atoms with Crippen LogP contribution in [0.1, 0.15) is 34.3 Å². The molecule has 1 aliphatic rings. The second-order valence-electron chi connectivity index (χ2n) is 6.00. The Morgan fingerprint density at radius 1 is 1.20 bits per heavy atom. The molecule has 0 bridgehead atoms. The third kappa shape index (κ3) is 3.64. The maximum atomic E-state index is 12.9. The van der Waals surface area contributed by atoms with Gasteiger partial charge in [0.25, 0.3) is 5.91 Å². The number of ether oxygens (including phenoxy) is 1. The van der Waals surface area contributed by atoms with Gasteiger partial charge in [0, 0.05) is 17.7 Å². The van der Waals surface area contributed by atoms with Crippen LogP contribution in [0.25, 0.3) is 0 Å². The standard InChI is InChI=1S/C19H20N2O4/c1-13(14-5-3-2-4-6-14)19(23)21-9-10-25-17-11-15(18(22)20-24)7-8-16(17)12-21/h2-8,11,13,24H,9-10,12H2,1H3,(H,20,22). The monoisotopic (exact) mass is 340 g/mol. The number of rotatable bonds is 3. The first kappa shape index (κ1) is 17.0. The van der Waals surface area contributed by atoms with Crippen molar-refractivity contribution in [2.75, 3.05) is 13.2 Å². The van der Waals surface area contributed by atoms with Crippen molar-refractivity contribution >= 4 is 11.8 Å². The minimum absolute atomic E-state index is 0.0415. The van der Waals surface area contributed by atoms with Gasteiger partial charge in [-0.05, 0) is 24.6 Å². The molecule has 1 heterocycles. The fraction of sp³-hybridized carbons (Fsp3) is 0.263. The molecule has 1 aliphatic heterocycles. The van der Waals surface area contributed by atoms with Crippen molar-refractivity contribution in [1.82, 2.24) is 10.4 Å². The number of hydroxylamine groups is 1. The number of hydrogen-bond acceptors (Lipinski definition) is 4. The first-order valence-corrected chi connectivity index (χ1v) is 8.14. The molecule has 0 spiro atoms. The molecule has 25 heavy (non-hydrogen) atoms. The first-order chi connectivity index (χ1) is 12.1. The Balaban J connectivity index is 1.79. The van der Waals surface area contributed by atoms with Crippen LogP contribution in [0, 0.1) is 0 Å². The Morgan fingerprint density at radius 3 is 2.68 bits per heavy atom. The van der Waals surface area contributed by atoms with E-state index in [1.54, 1.807) is 28.6 Å². The van der Waals surface area contributed by atoms with Crippen LogP contribution < -0.4 is 10.2 Å². The second kappa shape index (κ2) is 7.36. The predicted molar refractivity (Wildman–Crippen MR) is 91.5 cm³/mol. The van der Waals surface area contributed by atoms with Crippen LogP contribution in [0.4, 0.5) is 0 Å². The number of carbonyl (C=O) groups excluding carboxylic acids is 2. The quantitative estimate of drug-likeness (QED) is 0.664. The van der Waals surface area contributed by atoms with Crippen molar-refractivity contribution in [2.24, 2.45) is 0 Å². The zero-order valence-electron chi connectivity index (χ0n) is 13.9. The molecule has 3 rings (SSSR count). The van der Waals surface area contributed by atoms with E-state index in [0.29, 0.717) is 31.0 Å². The van der Waals surface area contributed by atoms with Crippen molar-refractivity contribution in [2.45, 2.75) is 19.4 Å². The summed E-state index contributed by atoms with van der Waals surface area (Å²) < 4.78 is 5.69. The zero-order valence-corrected chi connectivity index (χ0v) is 13.9. The van der Waals surface area contributed by atoms with E-state index in [0.717, 1.165) is 11.1 Å². The Labute approximate surface area is 146 Å². The highest BCUT2D eigenvalue weighted by atomic mass is 16.5. The summed E-state index contributed by atoms with van der Waals surface area (Å²) in [5.74, 6) is -0.230. The summed E-state index contributed by atoms with van der Waals surface area (Å²) in [5.41, 5.74) is 3.72. The largest absolute Gasteiger partial charge is 0.491 e. The zero-order chi connectivity index (χ0) is 17.8. The molecule has 0 aliphatic carbocycles. The van der Waals surface area contributed by atoms with Crippen molar-refractivity contribution in [3.63, 3.8) is 0 Å². The first-order valence-electron chi connectivity index (χ1n) is 8.14. The van der Waals surface area contributed by atoms with Crippen LogP contribution in [-0.4, -0.2) is 35.1 Å². The van der Waals surface area contributed by atoms with Gasteiger partial charge in [-0.2, -0.15) is 0 Å². The van der Waals surface area contributed by atoms with Gasteiger partial charge >= 0.3 is 0 Å². The molecule has 0 fully saturated rings. The van der Waals surface area contributed by atoms with Gasteiger partial charge in [-0.15, -0.1) is 0 Å². The smallest absolute Gasteiger partial charge is 0.274 e. The lowest BCUT2D eigenvalue weighted by atomic mass is 9.99. The summed E-state index contributed by atoms with van der Waals surface area (Å²) in [6, 6.07) is 14.6. The van der Waals surface area contributed by atoms with Crippen LogP contribution in [0.5, 0.6) is 5.75 Å². The van der Waals surface area contributed by atoms with E-state index in [2.05, 4.69) is 0 Å². The molecule has 2 N–H and O–H groups in total. The van der Waals surface area contributed by atoms with Gasteiger partial charge in [0.1, 0.15) is 12.4 Å². The Kier molecular flexibility index (Phi) is 5.00. The lowest BCUT2D eigenvalue weighted by Crippen LogP contribution is -2.35. The number of amides is 2. The number of carbonyl (C=O) groups is 2. The van der Waals surface area contributed by atoms with Crippen molar-refractivity contribution in [1.29, 1.82) is 0 Å². The van der Waals surface area contributed by atoms with Crippen LogP contribution in [-0.2, 0) is 11.3 Å². The van der Waals surface area contributed by atoms with E-state index >= 15 is 0 Å². The molecule has 2 aromatic carbocycles. The number of nitrogens with zero attached hydrogens (tertiary/aromatic N) is 1. The third-order valence-electron chi connectivity index (χ3n) is 4.39. The minimum atomic E-state index is -0.596. The molecule has 2 aromatic rings. The molecule has 0 saturated heterocycles. The summed E-state index contributed by atoms with van der Waals surface area (Å²) in [6.07, 6.45) is 0. The Bertz CT molecular complexity index is 776. The molecular weight excluding hydrogens is 320 g/mol. The van der Waals surface area contributed by atoms with Crippen molar-refractivity contribution < 1.29 is 19.5 Å². The molecule has 0 aromatic heterocycles. The maximum absolute atomic E-state index is 12.9. The molecule has 0 saturated carbocycles. The van der Waals surface area contributed by atoms with E-state index in [-0.39, 0.29) is 11.8 Å². The van der Waals surface area contributed by atoms with Crippen LogP contribution >= 0.6 is 0 Å². The molecule has 6 nitrogen and oxygen atoms in total. The number of fused-ring (bicyclic) bond motifs is 1. The molecular formula is C19H20N2O4. The molecule has 0 radical (unpaired) electrons. The van der Waals surface area contributed by atoms with Gasteiger partial charge < -0.3 is 9.64 Å². The van der Waals surface area contributed by atoms with Gasteiger partial charge in [0.15, 0.2) is 0 Å². The molecule has 1 atom stereocenters.